The fourth-order valence-corrected chi connectivity index (χ4v) is 1.58. The SMILES string of the molecule is COc1ccc(N)c(C(=O)C#Cc2ccccc2)c1. The molecule has 3 heteroatoms. The maximum Gasteiger partial charge on any atom is 0.238 e. The van der Waals surface area contributed by atoms with E-state index in [1.807, 2.05) is 30.3 Å². The average molecular weight is 251 g/mol. The Balaban J connectivity index is 2.28. The van der Waals surface area contributed by atoms with Gasteiger partial charge in [-0.15, -0.1) is 0 Å². The van der Waals surface area contributed by atoms with E-state index in [1.165, 1.54) is 7.11 Å². The van der Waals surface area contributed by atoms with Crippen LogP contribution in [0.1, 0.15) is 15.9 Å². The van der Waals surface area contributed by atoms with Crippen LogP contribution in [0.3, 0.4) is 0 Å². The highest BCUT2D eigenvalue weighted by molar-refractivity contribution is 6.12. The second-order valence-electron chi connectivity index (χ2n) is 3.90. The molecule has 2 aromatic carbocycles. The van der Waals surface area contributed by atoms with Gasteiger partial charge in [-0.2, -0.15) is 0 Å². The summed E-state index contributed by atoms with van der Waals surface area (Å²) in [6.07, 6.45) is 0. The maximum absolute atomic E-state index is 12.0. The molecule has 2 aromatic rings. The summed E-state index contributed by atoms with van der Waals surface area (Å²) in [6.45, 7) is 0. The van der Waals surface area contributed by atoms with Crippen LogP contribution in [0.4, 0.5) is 5.69 Å². The molecule has 0 aliphatic rings. The van der Waals surface area contributed by atoms with Gasteiger partial charge < -0.3 is 10.5 Å². The van der Waals surface area contributed by atoms with Crippen molar-refractivity contribution in [3.05, 3.63) is 59.7 Å². The average Bonchev–Trinajstić information content (AvgIpc) is 2.46. The van der Waals surface area contributed by atoms with Gasteiger partial charge >= 0.3 is 0 Å². The van der Waals surface area contributed by atoms with Crippen LogP contribution in [-0.2, 0) is 0 Å². The number of Topliss-reactive ketones (excluding diaryl/α,β-unsaturated/α-hetero) is 1. The third-order valence-electron chi connectivity index (χ3n) is 2.60. The molecule has 0 bridgehead atoms. The van der Waals surface area contributed by atoms with Crippen LogP contribution in [0.25, 0.3) is 0 Å². The Kier molecular flexibility index (Phi) is 3.84. The van der Waals surface area contributed by atoms with E-state index >= 15 is 0 Å². The lowest BCUT2D eigenvalue weighted by Crippen LogP contribution is -2.02. The predicted octanol–water partition coefficient (Wildman–Crippen LogP) is 2.51. The maximum atomic E-state index is 12.0. The van der Waals surface area contributed by atoms with Gasteiger partial charge in [-0.1, -0.05) is 24.1 Å². The number of carbonyl (C=O) groups is 1. The van der Waals surface area contributed by atoms with Crippen molar-refractivity contribution >= 4 is 11.5 Å². The van der Waals surface area contributed by atoms with E-state index < -0.39 is 0 Å². The number of nitrogen functional groups attached to an aromatic ring is 1. The Bertz CT molecular complexity index is 651. The number of ether oxygens (including phenoxy) is 1. The molecule has 0 heterocycles. The van der Waals surface area contributed by atoms with Crippen LogP contribution >= 0.6 is 0 Å². The highest BCUT2D eigenvalue weighted by Crippen LogP contribution is 2.19. The van der Waals surface area contributed by atoms with E-state index in [0.717, 1.165) is 5.56 Å². The zero-order valence-electron chi connectivity index (χ0n) is 10.5. The minimum atomic E-state index is -0.319. The van der Waals surface area contributed by atoms with Crippen molar-refractivity contribution in [2.24, 2.45) is 0 Å². The van der Waals surface area contributed by atoms with Crippen molar-refractivity contribution < 1.29 is 9.53 Å². The summed E-state index contributed by atoms with van der Waals surface area (Å²) in [5, 5.41) is 0. The third kappa shape index (κ3) is 3.14. The zero-order valence-corrected chi connectivity index (χ0v) is 10.5. The van der Waals surface area contributed by atoms with Gasteiger partial charge in [0.15, 0.2) is 0 Å². The molecular formula is C16H13NO2. The van der Waals surface area contributed by atoms with Crippen LogP contribution in [0.5, 0.6) is 5.75 Å². The lowest BCUT2D eigenvalue weighted by Gasteiger charge is -2.04. The van der Waals surface area contributed by atoms with E-state index in [0.29, 0.717) is 17.0 Å². The molecule has 0 saturated carbocycles. The first-order chi connectivity index (χ1) is 9.20. The molecule has 2 N–H and O–H groups in total. The van der Waals surface area contributed by atoms with Gasteiger partial charge in [0, 0.05) is 11.3 Å². The zero-order chi connectivity index (χ0) is 13.7. The van der Waals surface area contributed by atoms with E-state index in [2.05, 4.69) is 11.8 Å². The van der Waals surface area contributed by atoms with Crippen molar-refractivity contribution in [2.75, 3.05) is 12.8 Å². The molecule has 19 heavy (non-hydrogen) atoms. The van der Waals surface area contributed by atoms with Gasteiger partial charge in [-0.3, -0.25) is 4.79 Å². The molecule has 94 valence electrons. The number of methoxy groups -OCH3 is 1. The highest BCUT2D eigenvalue weighted by Gasteiger charge is 2.08. The van der Waals surface area contributed by atoms with E-state index in [9.17, 15) is 4.79 Å². The lowest BCUT2D eigenvalue weighted by atomic mass is 10.1. The first-order valence-corrected chi connectivity index (χ1v) is 5.75. The summed E-state index contributed by atoms with van der Waals surface area (Å²) >= 11 is 0. The molecule has 0 aromatic heterocycles. The highest BCUT2D eigenvalue weighted by atomic mass is 16.5. The number of ketones is 1. The first-order valence-electron chi connectivity index (χ1n) is 5.75. The number of anilines is 1. The van der Waals surface area contributed by atoms with Crippen molar-refractivity contribution in [3.8, 4) is 17.6 Å². The van der Waals surface area contributed by atoms with Crippen LogP contribution < -0.4 is 10.5 Å². The number of nitrogens with two attached hydrogens (primary N) is 1. The van der Waals surface area contributed by atoms with Gasteiger partial charge in [0.2, 0.25) is 5.78 Å². The number of hydrogen-bond donors (Lipinski definition) is 1. The largest absolute Gasteiger partial charge is 0.497 e. The van der Waals surface area contributed by atoms with Crippen LogP contribution in [-0.4, -0.2) is 12.9 Å². The fraction of sp³-hybridized carbons (Fsp3) is 0.0625. The van der Waals surface area contributed by atoms with Crippen LogP contribution in [0.15, 0.2) is 48.5 Å². The Morgan fingerprint density at radius 1 is 1.16 bits per heavy atom. The molecule has 0 spiro atoms. The molecule has 0 radical (unpaired) electrons. The van der Waals surface area contributed by atoms with E-state index in [1.54, 1.807) is 18.2 Å². The summed E-state index contributed by atoms with van der Waals surface area (Å²) < 4.78 is 5.07. The molecular weight excluding hydrogens is 238 g/mol. The molecule has 0 aliphatic heterocycles. The van der Waals surface area contributed by atoms with Crippen LogP contribution in [0, 0.1) is 11.8 Å². The Morgan fingerprint density at radius 2 is 1.89 bits per heavy atom. The van der Waals surface area contributed by atoms with Crippen molar-refractivity contribution in [3.63, 3.8) is 0 Å². The molecule has 0 aliphatic carbocycles. The lowest BCUT2D eigenvalue weighted by molar-refractivity contribution is 0.105. The smallest absolute Gasteiger partial charge is 0.238 e. The minimum absolute atomic E-state index is 0.319. The topological polar surface area (TPSA) is 52.3 Å². The quantitative estimate of drug-likeness (QED) is 0.507. The molecule has 0 fully saturated rings. The van der Waals surface area contributed by atoms with Crippen molar-refractivity contribution in [1.29, 1.82) is 0 Å². The third-order valence-corrected chi connectivity index (χ3v) is 2.60. The number of hydrogen-bond acceptors (Lipinski definition) is 3. The summed E-state index contributed by atoms with van der Waals surface area (Å²) in [7, 11) is 1.54. The second-order valence-corrected chi connectivity index (χ2v) is 3.90. The standard InChI is InChI=1S/C16H13NO2/c1-19-13-8-9-15(17)14(11-13)16(18)10-7-12-5-3-2-4-6-12/h2-6,8-9,11H,17H2,1H3. The second kappa shape index (κ2) is 5.74. The van der Waals surface area contributed by atoms with Gasteiger partial charge in [-0.05, 0) is 36.3 Å². The molecule has 2 rings (SSSR count). The van der Waals surface area contributed by atoms with Gasteiger partial charge in [0.05, 0.1) is 12.7 Å². The molecule has 0 amide bonds. The minimum Gasteiger partial charge on any atom is -0.497 e. The summed E-state index contributed by atoms with van der Waals surface area (Å²) in [5.41, 5.74) is 7.32. The molecule has 0 atom stereocenters. The predicted molar refractivity (Wildman–Crippen MR) is 75.1 cm³/mol. The molecule has 3 nitrogen and oxygen atoms in total. The van der Waals surface area contributed by atoms with Crippen LogP contribution in [0.2, 0.25) is 0 Å². The number of carbonyl (C=O) groups excluding carboxylic acids is 1. The molecule has 0 unspecified atom stereocenters. The summed E-state index contributed by atoms with van der Waals surface area (Å²) in [5.74, 6) is 5.66. The van der Waals surface area contributed by atoms with E-state index in [4.69, 9.17) is 10.5 Å². The monoisotopic (exact) mass is 251 g/mol. The van der Waals surface area contributed by atoms with Gasteiger partial charge in [-0.25, -0.2) is 0 Å². The Labute approximate surface area is 112 Å². The van der Waals surface area contributed by atoms with E-state index in [-0.39, 0.29) is 5.78 Å². The van der Waals surface area contributed by atoms with Crippen molar-refractivity contribution in [2.45, 2.75) is 0 Å². The number of rotatable bonds is 2. The van der Waals surface area contributed by atoms with Gasteiger partial charge in [0.25, 0.3) is 0 Å². The first kappa shape index (κ1) is 12.7. The number of benzene rings is 2. The molecule has 0 saturated heterocycles. The fourth-order valence-electron chi connectivity index (χ4n) is 1.58. The Morgan fingerprint density at radius 3 is 2.58 bits per heavy atom. The summed E-state index contributed by atoms with van der Waals surface area (Å²) in [6, 6.07) is 14.3. The van der Waals surface area contributed by atoms with Gasteiger partial charge in [0.1, 0.15) is 5.75 Å². The Hall–Kier alpha value is -2.73. The normalized spacial score (nSPS) is 9.32. The van der Waals surface area contributed by atoms with Crippen molar-refractivity contribution in [1.82, 2.24) is 0 Å². The summed E-state index contributed by atoms with van der Waals surface area (Å²) in [4.78, 5) is 12.0.